The number of imide groups is 1. The van der Waals surface area contributed by atoms with E-state index in [1.807, 2.05) is 48.9 Å². The second-order valence-electron chi connectivity index (χ2n) is 12.8. The summed E-state index contributed by atoms with van der Waals surface area (Å²) in [6.45, 7) is 10.4. The van der Waals surface area contributed by atoms with Gasteiger partial charge in [0.05, 0.1) is 38.5 Å². The highest BCUT2D eigenvalue weighted by Crippen LogP contribution is 2.43. The van der Waals surface area contributed by atoms with Gasteiger partial charge in [0.25, 0.3) is 11.8 Å². The fourth-order valence-electron chi connectivity index (χ4n) is 5.72. The quantitative estimate of drug-likeness (QED) is 0.113. The lowest BCUT2D eigenvalue weighted by molar-refractivity contribution is -0.122. The SMILES string of the molecule is COc1cc(C2=C(c3cn(CCCNC(O)C(CC(C)C)NC(=O)OC(C)(C)C)c4ccccc34)C(=O)NC2=O)cc(OC)c1OC. The number of aromatic nitrogens is 1. The van der Waals surface area contributed by atoms with Crippen molar-refractivity contribution in [2.24, 2.45) is 5.92 Å². The van der Waals surface area contributed by atoms with Gasteiger partial charge >= 0.3 is 6.09 Å². The summed E-state index contributed by atoms with van der Waals surface area (Å²) in [4.78, 5) is 38.9. The zero-order valence-corrected chi connectivity index (χ0v) is 28.4. The monoisotopic (exact) mass is 650 g/mol. The summed E-state index contributed by atoms with van der Waals surface area (Å²) < 4.78 is 23.9. The van der Waals surface area contributed by atoms with Crippen LogP contribution in [0.4, 0.5) is 4.79 Å². The standard InChI is InChI=1S/C35H46N4O8/c1-20(2)16-24(37-34(43)47-35(3,4)5)31(40)36-14-11-15-39-19-23(22-12-9-10-13-25(22)39)29-28(32(41)38-33(29)42)21-17-26(44-6)30(46-8)27(18-21)45-7/h9-10,12-13,17-20,24,31,36,40H,11,14-16H2,1-8H3,(H,37,43)(H,38,41,42). The number of nitrogens with one attached hydrogen (secondary N) is 3. The fraction of sp³-hybridized carbons (Fsp3) is 0.457. The molecule has 2 aromatic carbocycles. The van der Waals surface area contributed by atoms with E-state index >= 15 is 0 Å². The van der Waals surface area contributed by atoms with Crippen molar-refractivity contribution < 1.29 is 38.4 Å². The number of aryl methyl sites for hydroxylation is 1. The number of alkyl carbamates (subject to hydrolysis) is 1. The van der Waals surface area contributed by atoms with Crippen molar-refractivity contribution in [3.8, 4) is 17.2 Å². The molecular weight excluding hydrogens is 604 g/mol. The van der Waals surface area contributed by atoms with Gasteiger partial charge in [-0.25, -0.2) is 4.79 Å². The first kappa shape index (κ1) is 35.3. The summed E-state index contributed by atoms with van der Waals surface area (Å²) in [6, 6.07) is 10.4. The largest absolute Gasteiger partial charge is 0.493 e. The number of nitrogens with zero attached hydrogens (tertiary/aromatic N) is 1. The van der Waals surface area contributed by atoms with Crippen molar-refractivity contribution in [3.63, 3.8) is 0 Å². The van der Waals surface area contributed by atoms with Gasteiger partial charge in [-0.05, 0) is 69.8 Å². The molecule has 0 spiro atoms. The molecule has 254 valence electrons. The molecule has 47 heavy (non-hydrogen) atoms. The van der Waals surface area contributed by atoms with Gasteiger partial charge in [-0.2, -0.15) is 0 Å². The third kappa shape index (κ3) is 8.25. The number of benzene rings is 2. The molecule has 12 nitrogen and oxygen atoms in total. The lowest BCUT2D eigenvalue weighted by atomic mass is 9.95. The number of ether oxygens (including phenoxy) is 4. The Balaban J connectivity index is 1.59. The number of rotatable bonds is 14. The molecule has 0 saturated heterocycles. The Kier molecular flexibility index (Phi) is 11.2. The number of hydrogen-bond acceptors (Lipinski definition) is 9. The summed E-state index contributed by atoms with van der Waals surface area (Å²) in [5.41, 5.74) is 1.74. The van der Waals surface area contributed by atoms with Crippen LogP contribution in [0.3, 0.4) is 0 Å². The van der Waals surface area contributed by atoms with Crippen LogP contribution in [0.1, 0.15) is 58.6 Å². The van der Waals surface area contributed by atoms with Crippen molar-refractivity contribution in [2.45, 2.75) is 71.9 Å². The van der Waals surface area contributed by atoms with Crippen molar-refractivity contribution >= 4 is 40.0 Å². The van der Waals surface area contributed by atoms with E-state index in [2.05, 4.69) is 16.0 Å². The third-order valence-corrected chi connectivity index (χ3v) is 7.68. The highest BCUT2D eigenvalue weighted by atomic mass is 16.6. The van der Waals surface area contributed by atoms with Gasteiger partial charge in [-0.1, -0.05) is 32.0 Å². The van der Waals surface area contributed by atoms with Crippen LogP contribution in [0.5, 0.6) is 17.2 Å². The maximum atomic E-state index is 13.3. The Hall–Kier alpha value is -4.55. The number of methoxy groups -OCH3 is 3. The molecule has 1 aliphatic heterocycles. The smallest absolute Gasteiger partial charge is 0.408 e. The number of carbonyl (C=O) groups excluding carboxylic acids is 3. The molecular formula is C35H46N4O8. The minimum absolute atomic E-state index is 0.204. The minimum atomic E-state index is -0.985. The predicted octanol–water partition coefficient (Wildman–Crippen LogP) is 4.47. The van der Waals surface area contributed by atoms with Crippen molar-refractivity contribution in [1.82, 2.24) is 20.5 Å². The molecule has 0 radical (unpaired) electrons. The van der Waals surface area contributed by atoms with Crippen LogP contribution in [0.25, 0.3) is 22.0 Å². The van der Waals surface area contributed by atoms with Gasteiger partial charge in [-0.3, -0.25) is 20.2 Å². The Bertz CT molecular complexity index is 1630. The van der Waals surface area contributed by atoms with E-state index in [1.165, 1.54) is 21.3 Å². The van der Waals surface area contributed by atoms with Crippen LogP contribution in [0, 0.1) is 5.92 Å². The average molecular weight is 651 g/mol. The number of aliphatic hydroxyl groups is 1. The Morgan fingerprint density at radius 3 is 2.21 bits per heavy atom. The summed E-state index contributed by atoms with van der Waals surface area (Å²) in [5, 5.41) is 20.1. The van der Waals surface area contributed by atoms with Crippen molar-refractivity contribution in [3.05, 3.63) is 53.7 Å². The Morgan fingerprint density at radius 2 is 1.62 bits per heavy atom. The summed E-state index contributed by atoms with van der Waals surface area (Å²) in [7, 11) is 4.46. The van der Waals surface area contributed by atoms with E-state index in [0.717, 1.165) is 10.9 Å². The van der Waals surface area contributed by atoms with Gasteiger partial charge in [0.2, 0.25) is 5.75 Å². The third-order valence-electron chi connectivity index (χ3n) is 7.68. The second-order valence-corrected chi connectivity index (χ2v) is 12.8. The van der Waals surface area contributed by atoms with Crippen LogP contribution in [0.15, 0.2) is 42.6 Å². The van der Waals surface area contributed by atoms with E-state index in [-0.39, 0.29) is 17.1 Å². The Morgan fingerprint density at radius 1 is 0.979 bits per heavy atom. The number of para-hydroxylation sites is 1. The molecule has 3 amide bonds. The fourth-order valence-corrected chi connectivity index (χ4v) is 5.72. The molecule has 3 aromatic rings. The van der Waals surface area contributed by atoms with Crippen LogP contribution in [-0.2, 0) is 20.9 Å². The number of fused-ring (bicyclic) bond motifs is 1. The maximum Gasteiger partial charge on any atom is 0.408 e. The minimum Gasteiger partial charge on any atom is -0.493 e. The summed E-state index contributed by atoms with van der Waals surface area (Å²) in [5.74, 6) is 0.294. The van der Waals surface area contributed by atoms with Crippen LogP contribution < -0.4 is 30.2 Å². The molecule has 2 unspecified atom stereocenters. The first-order chi connectivity index (χ1) is 22.3. The van der Waals surface area contributed by atoms with Crippen LogP contribution in [-0.4, -0.2) is 73.3 Å². The first-order valence-corrected chi connectivity index (χ1v) is 15.7. The molecule has 4 N–H and O–H groups in total. The van der Waals surface area contributed by atoms with Crippen molar-refractivity contribution in [2.75, 3.05) is 27.9 Å². The maximum absolute atomic E-state index is 13.3. The lowest BCUT2D eigenvalue weighted by Crippen LogP contribution is -2.51. The van der Waals surface area contributed by atoms with E-state index in [1.54, 1.807) is 32.9 Å². The van der Waals surface area contributed by atoms with Gasteiger partial charge < -0.3 is 33.9 Å². The lowest BCUT2D eigenvalue weighted by Gasteiger charge is -2.28. The van der Waals surface area contributed by atoms with Gasteiger partial charge in [-0.15, -0.1) is 0 Å². The molecule has 4 rings (SSSR count). The van der Waals surface area contributed by atoms with Crippen LogP contribution >= 0.6 is 0 Å². The second kappa shape index (κ2) is 14.9. The number of amides is 3. The van der Waals surface area contributed by atoms with Crippen LogP contribution in [0.2, 0.25) is 0 Å². The normalized spacial score (nSPS) is 14.8. The Labute approximate surface area is 275 Å². The number of aliphatic hydroxyl groups excluding tert-OH is 1. The highest BCUT2D eigenvalue weighted by molar-refractivity contribution is 6.50. The summed E-state index contributed by atoms with van der Waals surface area (Å²) in [6.07, 6.45) is 1.49. The van der Waals surface area contributed by atoms with E-state index in [9.17, 15) is 19.5 Å². The molecule has 2 atom stereocenters. The topological polar surface area (TPSA) is 149 Å². The molecule has 0 fully saturated rings. The predicted molar refractivity (Wildman–Crippen MR) is 179 cm³/mol. The van der Waals surface area contributed by atoms with Crippen molar-refractivity contribution in [1.29, 1.82) is 0 Å². The molecule has 1 aromatic heterocycles. The number of hydrogen-bond donors (Lipinski definition) is 4. The molecule has 0 saturated carbocycles. The highest BCUT2D eigenvalue weighted by Gasteiger charge is 2.35. The molecule has 2 heterocycles. The first-order valence-electron chi connectivity index (χ1n) is 15.7. The average Bonchev–Trinajstić information content (AvgIpc) is 3.51. The van der Waals surface area contributed by atoms with E-state index in [0.29, 0.717) is 54.3 Å². The molecule has 0 bridgehead atoms. The molecule has 1 aliphatic rings. The zero-order chi connectivity index (χ0) is 34.5. The van der Waals surface area contributed by atoms with E-state index in [4.69, 9.17) is 18.9 Å². The molecule has 0 aliphatic carbocycles. The van der Waals surface area contributed by atoms with E-state index < -0.39 is 35.8 Å². The van der Waals surface area contributed by atoms with Gasteiger partial charge in [0.1, 0.15) is 11.8 Å². The van der Waals surface area contributed by atoms with Gasteiger partial charge in [0, 0.05) is 29.2 Å². The summed E-state index contributed by atoms with van der Waals surface area (Å²) >= 11 is 0. The zero-order valence-electron chi connectivity index (χ0n) is 28.4. The number of carbonyl (C=O) groups is 3. The van der Waals surface area contributed by atoms with Gasteiger partial charge in [0.15, 0.2) is 11.5 Å². The molecule has 12 heteroatoms.